The first kappa shape index (κ1) is 21.2. The van der Waals surface area contributed by atoms with E-state index in [0.717, 1.165) is 16.7 Å². The Bertz CT molecular complexity index is 1010. The Morgan fingerprint density at radius 2 is 1.30 bits per heavy atom. The number of carbonyl (C=O) groups is 2. The van der Waals surface area contributed by atoms with Crippen LogP contribution >= 0.6 is 11.6 Å². The summed E-state index contributed by atoms with van der Waals surface area (Å²) in [6, 6.07) is 22.4. The Hall–Kier alpha value is -3.51. The van der Waals surface area contributed by atoms with Crippen LogP contribution in [0.2, 0.25) is 5.02 Å². The van der Waals surface area contributed by atoms with E-state index in [2.05, 4.69) is 10.9 Å². The summed E-state index contributed by atoms with van der Waals surface area (Å²) in [4.78, 5) is 23.7. The number of ether oxygens (including phenoxy) is 2. The smallest absolute Gasteiger partial charge is 0.276 e. The van der Waals surface area contributed by atoms with Gasteiger partial charge in [-0.25, -0.2) is 0 Å². The van der Waals surface area contributed by atoms with Crippen molar-refractivity contribution in [1.29, 1.82) is 0 Å². The number of carbonyl (C=O) groups excluding carboxylic acids is 2. The lowest BCUT2D eigenvalue weighted by atomic mass is 10.1. The molecule has 7 heteroatoms. The highest BCUT2D eigenvalue weighted by atomic mass is 35.5. The molecule has 2 amide bonds. The van der Waals surface area contributed by atoms with Crippen LogP contribution in [-0.2, 0) is 9.59 Å². The van der Waals surface area contributed by atoms with E-state index in [0.29, 0.717) is 16.5 Å². The van der Waals surface area contributed by atoms with Crippen LogP contribution in [0.3, 0.4) is 0 Å². The fourth-order valence-electron chi connectivity index (χ4n) is 2.59. The van der Waals surface area contributed by atoms with Gasteiger partial charge < -0.3 is 9.47 Å². The number of nitrogens with one attached hydrogen (secondary N) is 2. The second kappa shape index (κ2) is 10.3. The topological polar surface area (TPSA) is 76.7 Å². The maximum Gasteiger partial charge on any atom is 0.276 e. The summed E-state index contributed by atoms with van der Waals surface area (Å²) in [5.41, 5.74) is 7.55. The summed E-state index contributed by atoms with van der Waals surface area (Å²) in [5, 5.41) is 0.619. The third-order valence-corrected chi connectivity index (χ3v) is 4.60. The van der Waals surface area contributed by atoms with E-state index in [1.807, 2.05) is 49.4 Å². The molecule has 3 aromatic rings. The second-order valence-electron chi connectivity index (χ2n) is 6.48. The first-order valence-electron chi connectivity index (χ1n) is 9.26. The Morgan fingerprint density at radius 3 is 1.90 bits per heavy atom. The summed E-state index contributed by atoms with van der Waals surface area (Å²) < 4.78 is 10.8. The highest BCUT2D eigenvalue weighted by Gasteiger charge is 2.07. The average molecular weight is 425 g/mol. The molecule has 3 aromatic carbocycles. The van der Waals surface area contributed by atoms with Crippen molar-refractivity contribution in [2.45, 2.75) is 6.92 Å². The number of benzene rings is 3. The van der Waals surface area contributed by atoms with Gasteiger partial charge in [0, 0.05) is 5.02 Å². The van der Waals surface area contributed by atoms with Crippen LogP contribution in [0.5, 0.6) is 11.5 Å². The molecule has 0 aliphatic rings. The number of hydrogen-bond donors (Lipinski definition) is 2. The number of hydrogen-bond acceptors (Lipinski definition) is 4. The van der Waals surface area contributed by atoms with Crippen LogP contribution in [0.1, 0.15) is 5.56 Å². The predicted molar refractivity (Wildman–Crippen MR) is 115 cm³/mol. The Morgan fingerprint density at radius 1 is 0.767 bits per heavy atom. The largest absolute Gasteiger partial charge is 0.484 e. The molecule has 0 spiro atoms. The maximum atomic E-state index is 11.9. The minimum absolute atomic E-state index is 0.234. The zero-order valence-corrected chi connectivity index (χ0v) is 17.1. The molecule has 0 radical (unpaired) electrons. The van der Waals surface area contributed by atoms with E-state index in [-0.39, 0.29) is 13.2 Å². The van der Waals surface area contributed by atoms with Crippen LogP contribution in [0.25, 0.3) is 11.1 Å². The van der Waals surface area contributed by atoms with Crippen molar-refractivity contribution in [3.05, 3.63) is 83.4 Å². The molecule has 0 aliphatic heterocycles. The molecule has 0 heterocycles. The van der Waals surface area contributed by atoms with Crippen LogP contribution in [0.4, 0.5) is 0 Å². The van der Waals surface area contributed by atoms with Crippen molar-refractivity contribution in [3.8, 4) is 22.6 Å². The fraction of sp³-hybridized carbons (Fsp3) is 0.130. The van der Waals surface area contributed by atoms with Gasteiger partial charge in [0.15, 0.2) is 13.2 Å². The number of rotatable bonds is 7. The van der Waals surface area contributed by atoms with Gasteiger partial charge in [0.25, 0.3) is 11.8 Å². The lowest BCUT2D eigenvalue weighted by Gasteiger charge is -2.10. The molecule has 0 saturated carbocycles. The predicted octanol–water partition coefficient (Wildman–Crippen LogP) is 3.92. The quantitative estimate of drug-likeness (QED) is 0.563. The molecule has 0 saturated heterocycles. The van der Waals surface area contributed by atoms with Gasteiger partial charge in [-0.3, -0.25) is 20.4 Å². The van der Waals surface area contributed by atoms with Gasteiger partial charge in [-0.15, -0.1) is 0 Å². The Balaban J connectivity index is 1.38. The number of aryl methyl sites for hydroxylation is 1. The second-order valence-corrected chi connectivity index (χ2v) is 6.88. The number of amides is 2. The molecular weight excluding hydrogens is 404 g/mol. The summed E-state index contributed by atoms with van der Waals surface area (Å²) in [6.45, 7) is 1.36. The van der Waals surface area contributed by atoms with Crippen LogP contribution in [0, 0.1) is 6.92 Å². The first-order chi connectivity index (χ1) is 14.5. The van der Waals surface area contributed by atoms with Crippen LogP contribution in [0.15, 0.2) is 72.8 Å². The van der Waals surface area contributed by atoms with Gasteiger partial charge in [0.1, 0.15) is 11.5 Å². The van der Waals surface area contributed by atoms with Gasteiger partial charge in [-0.1, -0.05) is 54.1 Å². The molecule has 6 nitrogen and oxygen atoms in total. The molecule has 0 fully saturated rings. The minimum atomic E-state index is -0.497. The van der Waals surface area contributed by atoms with Gasteiger partial charge in [-0.2, -0.15) is 0 Å². The first-order valence-corrected chi connectivity index (χ1v) is 9.64. The fourth-order valence-corrected chi connectivity index (χ4v) is 2.71. The molecule has 30 heavy (non-hydrogen) atoms. The lowest BCUT2D eigenvalue weighted by molar-refractivity contribution is -0.131. The van der Waals surface area contributed by atoms with E-state index in [9.17, 15) is 9.59 Å². The van der Waals surface area contributed by atoms with E-state index < -0.39 is 11.8 Å². The summed E-state index contributed by atoms with van der Waals surface area (Å²) in [6.07, 6.45) is 0. The normalized spacial score (nSPS) is 10.2. The monoisotopic (exact) mass is 424 g/mol. The van der Waals surface area contributed by atoms with Gasteiger partial charge in [-0.05, 0) is 53.9 Å². The molecular formula is C23H21ClN2O4. The average Bonchev–Trinajstić information content (AvgIpc) is 2.78. The maximum absolute atomic E-state index is 11.9. The Labute approximate surface area is 179 Å². The van der Waals surface area contributed by atoms with Crippen LogP contribution in [-0.4, -0.2) is 25.0 Å². The van der Waals surface area contributed by atoms with Crippen molar-refractivity contribution in [1.82, 2.24) is 10.9 Å². The highest BCUT2D eigenvalue weighted by molar-refractivity contribution is 6.31. The third-order valence-electron chi connectivity index (χ3n) is 4.17. The van der Waals surface area contributed by atoms with Gasteiger partial charge in [0.05, 0.1) is 0 Å². The molecule has 0 aliphatic carbocycles. The minimum Gasteiger partial charge on any atom is -0.484 e. The summed E-state index contributed by atoms with van der Waals surface area (Å²) >= 11 is 5.94. The van der Waals surface area contributed by atoms with E-state index >= 15 is 0 Å². The van der Waals surface area contributed by atoms with E-state index in [1.54, 1.807) is 30.3 Å². The van der Waals surface area contributed by atoms with E-state index in [1.165, 1.54) is 0 Å². The SMILES string of the molecule is Cc1cc(OCC(=O)NNC(=O)COc2ccc(-c3ccccc3)cc2)ccc1Cl. The summed E-state index contributed by atoms with van der Waals surface area (Å²) in [7, 11) is 0. The summed E-state index contributed by atoms with van der Waals surface area (Å²) in [5.74, 6) is 0.0826. The zero-order valence-electron chi connectivity index (χ0n) is 16.4. The van der Waals surface area contributed by atoms with Gasteiger partial charge >= 0.3 is 0 Å². The van der Waals surface area contributed by atoms with Crippen molar-refractivity contribution >= 4 is 23.4 Å². The Kier molecular flexibility index (Phi) is 7.29. The van der Waals surface area contributed by atoms with Crippen molar-refractivity contribution in [2.24, 2.45) is 0 Å². The van der Waals surface area contributed by atoms with Crippen molar-refractivity contribution in [3.63, 3.8) is 0 Å². The molecule has 0 unspecified atom stereocenters. The molecule has 154 valence electrons. The standard InChI is InChI=1S/C23H21ClN2O4/c1-16-13-20(11-12-21(16)24)30-15-23(28)26-25-22(27)14-29-19-9-7-18(8-10-19)17-5-3-2-4-6-17/h2-13H,14-15H2,1H3,(H,25,27)(H,26,28). The third kappa shape index (κ3) is 6.25. The molecule has 0 bridgehead atoms. The molecule has 0 aromatic heterocycles. The van der Waals surface area contributed by atoms with Crippen LogP contribution < -0.4 is 20.3 Å². The van der Waals surface area contributed by atoms with Gasteiger partial charge in [0.2, 0.25) is 0 Å². The van der Waals surface area contributed by atoms with E-state index in [4.69, 9.17) is 21.1 Å². The lowest BCUT2D eigenvalue weighted by Crippen LogP contribution is -2.45. The van der Waals surface area contributed by atoms with Crippen molar-refractivity contribution < 1.29 is 19.1 Å². The highest BCUT2D eigenvalue weighted by Crippen LogP contribution is 2.22. The molecule has 0 atom stereocenters. The molecule has 3 rings (SSSR count). The molecule has 2 N–H and O–H groups in total. The number of hydrazine groups is 1. The zero-order chi connectivity index (χ0) is 21.3. The van der Waals surface area contributed by atoms with Crippen molar-refractivity contribution in [2.75, 3.05) is 13.2 Å². The number of halogens is 1.